The van der Waals surface area contributed by atoms with Crippen molar-refractivity contribution in [2.75, 3.05) is 59.9 Å². The quantitative estimate of drug-likeness (QED) is 0.683. The van der Waals surface area contributed by atoms with E-state index in [2.05, 4.69) is 29.0 Å². The van der Waals surface area contributed by atoms with Gasteiger partial charge in [-0.15, -0.1) is 0 Å². The summed E-state index contributed by atoms with van der Waals surface area (Å²) in [4.78, 5) is 33.6. The van der Waals surface area contributed by atoms with Gasteiger partial charge in [-0.05, 0) is 40.0 Å². The third-order valence-corrected chi connectivity index (χ3v) is 6.83. The number of piperidine rings is 1. The van der Waals surface area contributed by atoms with E-state index < -0.39 is 5.60 Å². The van der Waals surface area contributed by atoms with Crippen molar-refractivity contribution in [1.29, 1.82) is 0 Å². The number of hydrogen-bond donors (Lipinski definition) is 0. The van der Waals surface area contributed by atoms with E-state index in [1.54, 1.807) is 24.1 Å². The third kappa shape index (κ3) is 4.46. The Hall–Kier alpha value is -2.13. The summed E-state index contributed by atoms with van der Waals surface area (Å²) < 4.78 is 7.46. The number of carbonyl (C=O) groups is 2. The van der Waals surface area contributed by atoms with E-state index in [4.69, 9.17) is 4.74 Å². The zero-order chi connectivity index (χ0) is 21.3. The van der Waals surface area contributed by atoms with Crippen molar-refractivity contribution >= 4 is 12.0 Å². The number of likely N-dealkylation sites (tertiary alicyclic amines) is 2. The third-order valence-electron chi connectivity index (χ3n) is 6.83. The van der Waals surface area contributed by atoms with Crippen LogP contribution in [0.15, 0.2) is 12.4 Å². The molecule has 3 saturated heterocycles. The van der Waals surface area contributed by atoms with Crippen molar-refractivity contribution < 1.29 is 14.3 Å². The predicted molar refractivity (Wildman–Crippen MR) is 112 cm³/mol. The van der Waals surface area contributed by atoms with Crippen molar-refractivity contribution in [3.05, 3.63) is 18.0 Å². The molecule has 1 atom stereocenters. The molecule has 0 N–H and O–H groups in total. The minimum Gasteiger partial charge on any atom is -0.441 e. The van der Waals surface area contributed by atoms with E-state index in [-0.39, 0.29) is 12.0 Å². The topological polar surface area (TPSA) is 74.2 Å². The lowest BCUT2D eigenvalue weighted by Crippen LogP contribution is -2.48. The fraction of sp³-hybridized carbons (Fsp3) is 0.762. The molecule has 3 fully saturated rings. The van der Waals surface area contributed by atoms with Crippen LogP contribution in [0.5, 0.6) is 0 Å². The van der Waals surface area contributed by atoms with Gasteiger partial charge in [0.05, 0.1) is 18.3 Å². The van der Waals surface area contributed by atoms with E-state index in [0.717, 1.165) is 32.6 Å². The first-order chi connectivity index (χ1) is 14.3. The van der Waals surface area contributed by atoms with Crippen molar-refractivity contribution in [2.24, 2.45) is 7.05 Å². The Balaban J connectivity index is 1.22. The monoisotopic (exact) mass is 418 g/mol. The minimum absolute atomic E-state index is 0.000714. The number of ether oxygens (including phenoxy) is 1. The largest absolute Gasteiger partial charge is 0.441 e. The Morgan fingerprint density at radius 2 is 2.03 bits per heavy atom. The summed E-state index contributed by atoms with van der Waals surface area (Å²) in [5.74, 6) is 0.000714. The molecule has 4 heterocycles. The summed E-state index contributed by atoms with van der Waals surface area (Å²) >= 11 is 0. The van der Waals surface area contributed by atoms with E-state index in [9.17, 15) is 9.59 Å². The number of aryl methyl sites for hydroxylation is 1. The molecule has 0 unspecified atom stereocenters. The Bertz CT molecular complexity index is 771. The summed E-state index contributed by atoms with van der Waals surface area (Å²) in [5, 5.41) is 4.08. The number of rotatable bonds is 6. The second-order valence-corrected chi connectivity index (χ2v) is 9.23. The fourth-order valence-electron chi connectivity index (χ4n) is 4.88. The van der Waals surface area contributed by atoms with Gasteiger partial charge in [-0.2, -0.15) is 5.10 Å². The van der Waals surface area contributed by atoms with E-state index in [0.29, 0.717) is 44.1 Å². The van der Waals surface area contributed by atoms with Crippen LogP contribution in [0.4, 0.5) is 4.79 Å². The van der Waals surface area contributed by atoms with Crippen LogP contribution in [-0.2, 0) is 11.8 Å². The normalized spacial score (nSPS) is 24.3. The van der Waals surface area contributed by atoms with Crippen LogP contribution in [0.25, 0.3) is 0 Å². The minimum atomic E-state index is -0.438. The first-order valence-corrected chi connectivity index (χ1v) is 11.0. The molecular weight excluding hydrogens is 384 g/mol. The van der Waals surface area contributed by atoms with Gasteiger partial charge in [0.1, 0.15) is 5.60 Å². The second-order valence-electron chi connectivity index (χ2n) is 9.23. The van der Waals surface area contributed by atoms with Crippen molar-refractivity contribution in [3.63, 3.8) is 0 Å². The van der Waals surface area contributed by atoms with E-state index in [1.165, 1.54) is 6.42 Å². The number of likely N-dealkylation sites (N-methyl/N-ethyl adjacent to an activating group) is 1. The highest BCUT2D eigenvalue weighted by atomic mass is 16.6. The van der Waals surface area contributed by atoms with Gasteiger partial charge in [0.15, 0.2) is 0 Å². The van der Waals surface area contributed by atoms with Gasteiger partial charge in [0.25, 0.3) is 5.91 Å². The van der Waals surface area contributed by atoms with Crippen LogP contribution >= 0.6 is 0 Å². The van der Waals surface area contributed by atoms with Crippen LogP contribution in [0.1, 0.15) is 36.0 Å². The first kappa shape index (κ1) is 21.1. The summed E-state index contributed by atoms with van der Waals surface area (Å²) in [5.41, 5.74) is 0.170. The van der Waals surface area contributed by atoms with Gasteiger partial charge in [-0.25, -0.2) is 4.79 Å². The molecule has 30 heavy (non-hydrogen) atoms. The van der Waals surface area contributed by atoms with Crippen LogP contribution in [0.3, 0.4) is 0 Å². The molecule has 0 aliphatic carbocycles. The van der Waals surface area contributed by atoms with Crippen molar-refractivity contribution in [3.8, 4) is 0 Å². The lowest BCUT2D eigenvalue weighted by atomic mass is 9.91. The maximum Gasteiger partial charge on any atom is 0.410 e. The van der Waals surface area contributed by atoms with Gasteiger partial charge in [0.2, 0.25) is 0 Å². The second kappa shape index (κ2) is 8.55. The Labute approximate surface area is 178 Å². The maximum atomic E-state index is 12.6. The smallest absolute Gasteiger partial charge is 0.410 e. The van der Waals surface area contributed by atoms with Crippen molar-refractivity contribution in [1.82, 2.24) is 29.4 Å². The lowest BCUT2D eigenvalue weighted by Gasteiger charge is -2.37. The first-order valence-electron chi connectivity index (χ1n) is 11.0. The van der Waals surface area contributed by atoms with Gasteiger partial charge in [-0.3, -0.25) is 9.48 Å². The Morgan fingerprint density at radius 1 is 1.27 bits per heavy atom. The lowest BCUT2D eigenvalue weighted by molar-refractivity contribution is 0.00313. The molecule has 0 saturated carbocycles. The molecule has 0 bridgehead atoms. The average molecular weight is 419 g/mol. The van der Waals surface area contributed by atoms with E-state index in [1.807, 2.05) is 9.80 Å². The Morgan fingerprint density at radius 3 is 2.67 bits per heavy atom. The Kier molecular flexibility index (Phi) is 6.02. The zero-order valence-corrected chi connectivity index (χ0v) is 18.4. The molecule has 4 rings (SSSR count). The summed E-state index contributed by atoms with van der Waals surface area (Å²) in [6, 6.07) is 0.643. The van der Waals surface area contributed by atoms with Gasteiger partial charge in [-0.1, -0.05) is 0 Å². The standard InChI is InChI=1S/C21H34N6O3/c1-23(2)18-5-10-25(15-18)8-4-9-27-16-21(30-20(27)29)6-11-26(12-7-21)19(28)17-13-22-24(3)14-17/h13-14,18H,4-12,15-16H2,1-3H3/t18-/m0/s1. The summed E-state index contributed by atoms with van der Waals surface area (Å²) in [7, 11) is 6.09. The molecule has 9 nitrogen and oxygen atoms in total. The van der Waals surface area contributed by atoms with Gasteiger partial charge in [0, 0.05) is 58.3 Å². The van der Waals surface area contributed by atoms with Crippen LogP contribution in [0, 0.1) is 0 Å². The predicted octanol–water partition coefficient (Wildman–Crippen LogP) is 0.873. The molecule has 1 aromatic rings. The number of carbonyl (C=O) groups excluding carboxylic acids is 2. The van der Waals surface area contributed by atoms with Gasteiger partial charge < -0.3 is 24.3 Å². The molecule has 1 spiro atoms. The number of hydrogen-bond acceptors (Lipinski definition) is 6. The van der Waals surface area contributed by atoms with Crippen LogP contribution < -0.4 is 0 Å². The number of aromatic nitrogens is 2. The highest BCUT2D eigenvalue weighted by Gasteiger charge is 2.47. The molecule has 166 valence electrons. The molecular formula is C21H34N6O3. The molecule has 1 aromatic heterocycles. The van der Waals surface area contributed by atoms with Crippen LogP contribution in [0.2, 0.25) is 0 Å². The zero-order valence-electron chi connectivity index (χ0n) is 18.4. The molecule has 0 aromatic carbocycles. The van der Waals surface area contributed by atoms with Crippen LogP contribution in [-0.4, -0.2) is 113 Å². The average Bonchev–Trinajstić information content (AvgIpc) is 3.42. The molecule has 9 heteroatoms. The molecule has 3 aliphatic heterocycles. The molecule has 3 aliphatic rings. The number of nitrogens with zero attached hydrogens (tertiary/aromatic N) is 6. The maximum absolute atomic E-state index is 12.6. The number of amides is 2. The highest BCUT2D eigenvalue weighted by molar-refractivity contribution is 5.93. The molecule has 2 amide bonds. The van der Waals surface area contributed by atoms with Gasteiger partial charge >= 0.3 is 6.09 Å². The molecule has 0 radical (unpaired) electrons. The highest BCUT2D eigenvalue weighted by Crippen LogP contribution is 2.33. The fourth-order valence-corrected chi connectivity index (χ4v) is 4.88. The SMILES string of the molecule is CN(C)[C@H]1CCN(CCCN2CC3(CCN(C(=O)c4cnn(C)c4)CC3)OC2=O)C1. The van der Waals surface area contributed by atoms with Crippen molar-refractivity contribution in [2.45, 2.75) is 37.3 Å². The summed E-state index contributed by atoms with van der Waals surface area (Å²) in [6.45, 7) is 5.86. The van der Waals surface area contributed by atoms with E-state index >= 15 is 0 Å². The summed E-state index contributed by atoms with van der Waals surface area (Å²) in [6.07, 6.45) is 6.72.